The third kappa shape index (κ3) is 6.55. The first-order chi connectivity index (χ1) is 7.08. The van der Waals surface area contributed by atoms with Crippen LogP contribution in [0.1, 0.15) is 38.5 Å². The quantitative estimate of drug-likeness (QED) is 0.554. The molecule has 0 atom stereocenters. The number of hydrogen-bond donors (Lipinski definition) is 1. The summed E-state index contributed by atoms with van der Waals surface area (Å²) < 4.78 is 35.4. The predicted molar refractivity (Wildman–Crippen MR) is 54.7 cm³/mol. The summed E-state index contributed by atoms with van der Waals surface area (Å²) in [6.45, 7) is 0.707. The molecule has 1 rings (SSSR count). The molecular formula is C11H18F3N. The fourth-order valence-corrected chi connectivity index (χ4v) is 1.74. The lowest BCUT2D eigenvalue weighted by molar-refractivity contribution is -0.133. The molecule has 15 heavy (non-hydrogen) atoms. The van der Waals surface area contributed by atoms with Gasteiger partial charge in [0.15, 0.2) is 0 Å². The minimum absolute atomic E-state index is 0.0385. The normalized spacial score (nSPS) is 17.7. The van der Waals surface area contributed by atoms with Crippen LogP contribution in [-0.4, -0.2) is 19.3 Å². The van der Waals surface area contributed by atoms with E-state index in [4.69, 9.17) is 0 Å². The molecule has 0 aromatic carbocycles. The smallest absolute Gasteiger partial charge is 0.316 e. The van der Waals surface area contributed by atoms with Crippen molar-refractivity contribution in [2.75, 3.05) is 13.1 Å². The summed E-state index contributed by atoms with van der Waals surface area (Å²) >= 11 is 0. The zero-order chi connectivity index (χ0) is 11.1. The first kappa shape index (κ1) is 12.6. The minimum atomic E-state index is -4.03. The highest BCUT2D eigenvalue weighted by Gasteiger charge is 2.25. The Labute approximate surface area is 88.7 Å². The van der Waals surface area contributed by atoms with Gasteiger partial charge in [-0.2, -0.15) is 13.2 Å². The Bertz CT molecular complexity index is 208. The maximum Gasteiger partial charge on any atom is 0.390 e. The van der Waals surface area contributed by atoms with Crippen LogP contribution in [0.4, 0.5) is 13.2 Å². The maximum atomic E-state index is 11.8. The van der Waals surface area contributed by atoms with Gasteiger partial charge in [0, 0.05) is 6.54 Å². The van der Waals surface area contributed by atoms with Gasteiger partial charge in [0.05, 0.1) is 6.42 Å². The molecule has 88 valence electrons. The topological polar surface area (TPSA) is 12.0 Å². The molecular weight excluding hydrogens is 203 g/mol. The number of halogens is 3. The molecule has 0 spiro atoms. The first-order valence-corrected chi connectivity index (χ1v) is 5.53. The Hall–Kier alpha value is -0.510. The molecule has 0 aromatic rings. The van der Waals surface area contributed by atoms with E-state index in [0.717, 1.165) is 19.3 Å². The van der Waals surface area contributed by atoms with Crippen LogP contribution in [0, 0.1) is 0 Å². The summed E-state index contributed by atoms with van der Waals surface area (Å²) in [7, 11) is 0. The van der Waals surface area contributed by atoms with Crippen LogP contribution in [0.15, 0.2) is 11.6 Å². The zero-order valence-corrected chi connectivity index (χ0v) is 8.87. The molecule has 0 bridgehead atoms. The van der Waals surface area contributed by atoms with Gasteiger partial charge >= 0.3 is 6.18 Å². The van der Waals surface area contributed by atoms with Crippen molar-refractivity contribution in [1.29, 1.82) is 0 Å². The summed E-state index contributed by atoms with van der Waals surface area (Å²) in [4.78, 5) is 0. The van der Waals surface area contributed by atoms with E-state index >= 15 is 0 Å². The predicted octanol–water partition coefficient (Wildman–Crippen LogP) is 3.42. The molecule has 1 aliphatic carbocycles. The molecule has 0 aromatic heterocycles. The van der Waals surface area contributed by atoms with Crippen LogP contribution in [0.25, 0.3) is 0 Å². The Kier molecular flexibility index (Phi) is 5.15. The highest BCUT2D eigenvalue weighted by molar-refractivity contribution is 5.05. The third-order valence-electron chi connectivity index (χ3n) is 2.59. The Morgan fingerprint density at radius 1 is 1.20 bits per heavy atom. The van der Waals surface area contributed by atoms with Crippen LogP contribution in [0.5, 0.6) is 0 Å². The number of hydrogen-bond acceptors (Lipinski definition) is 1. The summed E-state index contributed by atoms with van der Waals surface area (Å²) in [6.07, 6.45) is 3.12. The minimum Gasteiger partial charge on any atom is -0.316 e. The van der Waals surface area contributed by atoms with Gasteiger partial charge in [-0.25, -0.2) is 0 Å². The largest absolute Gasteiger partial charge is 0.390 e. The summed E-state index contributed by atoms with van der Waals surface area (Å²) in [5.41, 5.74) is 1.40. The van der Waals surface area contributed by atoms with Crippen LogP contribution >= 0.6 is 0 Å². The van der Waals surface area contributed by atoms with E-state index in [1.165, 1.54) is 18.4 Å². The van der Waals surface area contributed by atoms with Crippen molar-refractivity contribution in [2.45, 2.75) is 44.7 Å². The molecule has 1 nitrogen and oxygen atoms in total. The molecule has 0 amide bonds. The maximum absolute atomic E-state index is 11.8. The monoisotopic (exact) mass is 221 g/mol. The van der Waals surface area contributed by atoms with E-state index in [9.17, 15) is 13.2 Å². The second kappa shape index (κ2) is 6.16. The van der Waals surface area contributed by atoms with Gasteiger partial charge in [-0.1, -0.05) is 11.6 Å². The van der Waals surface area contributed by atoms with Crippen LogP contribution in [-0.2, 0) is 0 Å². The average Bonchev–Trinajstić information content (AvgIpc) is 2.17. The van der Waals surface area contributed by atoms with Gasteiger partial charge in [-0.05, 0) is 38.6 Å². The second-order valence-corrected chi connectivity index (χ2v) is 3.97. The van der Waals surface area contributed by atoms with E-state index in [0.29, 0.717) is 6.54 Å². The Balaban J connectivity index is 1.99. The molecule has 0 saturated heterocycles. The third-order valence-corrected chi connectivity index (χ3v) is 2.59. The fraction of sp³-hybridized carbons (Fsp3) is 0.818. The molecule has 0 heterocycles. The van der Waals surface area contributed by atoms with Crippen molar-refractivity contribution in [3.8, 4) is 0 Å². The van der Waals surface area contributed by atoms with E-state index in [1.54, 1.807) is 0 Å². The second-order valence-electron chi connectivity index (χ2n) is 3.97. The van der Waals surface area contributed by atoms with Gasteiger partial charge in [-0.3, -0.25) is 0 Å². The molecule has 0 radical (unpaired) electrons. The van der Waals surface area contributed by atoms with Crippen molar-refractivity contribution in [3.05, 3.63) is 11.6 Å². The standard InChI is InChI=1S/C11H18F3N/c12-11(13,14)7-9-15-8-6-10-4-2-1-3-5-10/h4,15H,1-3,5-9H2. The average molecular weight is 221 g/mol. The molecule has 0 aliphatic heterocycles. The summed E-state index contributed by atoms with van der Waals surface area (Å²) in [5, 5.41) is 2.83. The lowest BCUT2D eigenvalue weighted by Crippen LogP contribution is -2.23. The van der Waals surface area contributed by atoms with E-state index in [-0.39, 0.29) is 6.54 Å². The molecule has 0 fully saturated rings. The molecule has 1 aliphatic rings. The molecule has 1 N–H and O–H groups in total. The van der Waals surface area contributed by atoms with E-state index < -0.39 is 12.6 Å². The van der Waals surface area contributed by atoms with Crippen LogP contribution in [0.3, 0.4) is 0 Å². The van der Waals surface area contributed by atoms with Gasteiger partial charge in [0.2, 0.25) is 0 Å². The summed E-state index contributed by atoms with van der Waals surface area (Å²) in [6, 6.07) is 0. The lowest BCUT2D eigenvalue weighted by atomic mass is 9.97. The van der Waals surface area contributed by atoms with Gasteiger partial charge in [0.25, 0.3) is 0 Å². The van der Waals surface area contributed by atoms with Crippen LogP contribution in [0.2, 0.25) is 0 Å². The van der Waals surface area contributed by atoms with Crippen LogP contribution < -0.4 is 5.32 Å². The lowest BCUT2D eigenvalue weighted by Gasteiger charge is -2.13. The fourth-order valence-electron chi connectivity index (χ4n) is 1.74. The number of nitrogens with one attached hydrogen (secondary N) is 1. The van der Waals surface area contributed by atoms with E-state index in [1.807, 2.05) is 0 Å². The zero-order valence-electron chi connectivity index (χ0n) is 8.87. The van der Waals surface area contributed by atoms with Crippen molar-refractivity contribution in [3.63, 3.8) is 0 Å². The van der Waals surface area contributed by atoms with E-state index in [2.05, 4.69) is 11.4 Å². The van der Waals surface area contributed by atoms with Crippen molar-refractivity contribution >= 4 is 0 Å². The van der Waals surface area contributed by atoms with Gasteiger partial charge in [0.1, 0.15) is 0 Å². The van der Waals surface area contributed by atoms with Gasteiger partial charge < -0.3 is 5.32 Å². The van der Waals surface area contributed by atoms with Crippen molar-refractivity contribution in [2.24, 2.45) is 0 Å². The summed E-state index contributed by atoms with van der Waals surface area (Å²) in [5.74, 6) is 0. The molecule has 0 unspecified atom stereocenters. The van der Waals surface area contributed by atoms with Crippen molar-refractivity contribution < 1.29 is 13.2 Å². The number of alkyl halides is 3. The highest BCUT2D eigenvalue weighted by atomic mass is 19.4. The Morgan fingerprint density at radius 2 is 2.00 bits per heavy atom. The number of allylic oxidation sites excluding steroid dienone is 1. The molecule has 0 saturated carbocycles. The molecule has 4 heteroatoms. The number of rotatable bonds is 5. The van der Waals surface area contributed by atoms with Crippen molar-refractivity contribution in [1.82, 2.24) is 5.32 Å². The first-order valence-electron chi connectivity index (χ1n) is 5.53. The highest BCUT2D eigenvalue weighted by Crippen LogP contribution is 2.20. The Morgan fingerprint density at radius 3 is 2.60 bits per heavy atom. The SMILES string of the molecule is FC(F)(F)CCNCCC1=CCCCC1. The van der Waals surface area contributed by atoms with Gasteiger partial charge in [-0.15, -0.1) is 0 Å².